The zero-order valence-electron chi connectivity index (χ0n) is 22.7. The first-order chi connectivity index (χ1) is 19.0. The van der Waals surface area contributed by atoms with Gasteiger partial charge in [-0.05, 0) is 12.8 Å². The van der Waals surface area contributed by atoms with Crippen molar-refractivity contribution in [1.82, 2.24) is 10.2 Å². The molecule has 14 nitrogen and oxygen atoms in total. The molecule has 1 fully saturated rings. The molecule has 0 bridgehead atoms. The van der Waals surface area contributed by atoms with Crippen LogP contribution in [0.3, 0.4) is 0 Å². The van der Waals surface area contributed by atoms with Gasteiger partial charge in [0, 0.05) is 19.4 Å². The minimum atomic E-state index is -4.75. The van der Waals surface area contributed by atoms with Crippen molar-refractivity contribution in [3.8, 4) is 0 Å². The minimum Gasteiger partial charge on any atom is -0.463 e. The van der Waals surface area contributed by atoms with Gasteiger partial charge in [0.15, 0.2) is 5.78 Å². The van der Waals surface area contributed by atoms with Crippen LogP contribution in [0.5, 0.6) is 0 Å². The number of allylic oxidation sites excluding steroid dienone is 2. The number of nitrogens with one attached hydrogen (secondary N) is 1. The second-order valence-corrected chi connectivity index (χ2v) is 9.91. The Bertz CT molecular complexity index is 962. The average Bonchev–Trinajstić information content (AvgIpc) is 3.20. The van der Waals surface area contributed by atoms with E-state index in [9.17, 15) is 38.2 Å². The molecule has 224 valence electrons. The van der Waals surface area contributed by atoms with E-state index in [-0.39, 0.29) is 32.2 Å². The number of hydrogen-bond acceptors (Lipinski definition) is 11. The number of nitrogens with zero attached hydrogens (tertiary/aromatic N) is 1. The van der Waals surface area contributed by atoms with Gasteiger partial charge >= 0.3 is 19.8 Å². The maximum Gasteiger partial charge on any atom is 0.472 e. The third-order valence-electron chi connectivity index (χ3n) is 5.04. The summed E-state index contributed by atoms with van der Waals surface area (Å²) in [5.74, 6) is -3.60. The number of carbonyl (C=O) groups excluding carboxylic acids is 6. The first-order valence-corrected chi connectivity index (χ1v) is 14.4. The van der Waals surface area contributed by atoms with E-state index in [2.05, 4.69) is 5.32 Å². The largest absolute Gasteiger partial charge is 0.472 e. The highest BCUT2D eigenvalue weighted by atomic mass is 31.2. The molecule has 15 heteroatoms. The van der Waals surface area contributed by atoms with Crippen LogP contribution in [-0.4, -0.2) is 84.3 Å². The number of ether oxygens (including phenoxy) is 2. The fourth-order valence-electron chi connectivity index (χ4n) is 3.13. The SMILES string of the molecule is CC/C=C\CC(=O)OCC(COC(=O)C/C=C\CC)OP(=O)(O)OCCNC(=O)CC(=O)CN1C(=O)CCC1=O. The van der Waals surface area contributed by atoms with Gasteiger partial charge in [0.25, 0.3) is 0 Å². The third kappa shape index (κ3) is 15.4. The zero-order chi connectivity index (χ0) is 30.0. The number of hydrogen-bond donors (Lipinski definition) is 2. The molecule has 1 aliphatic heterocycles. The van der Waals surface area contributed by atoms with E-state index in [0.717, 1.165) is 17.7 Å². The molecule has 0 spiro atoms. The van der Waals surface area contributed by atoms with Crippen LogP contribution in [-0.2, 0) is 51.9 Å². The number of amides is 3. The van der Waals surface area contributed by atoms with Crippen molar-refractivity contribution in [3.63, 3.8) is 0 Å². The molecule has 1 saturated heterocycles. The molecular weight excluding hydrogens is 551 g/mol. The Morgan fingerprint density at radius 2 is 1.48 bits per heavy atom. The molecule has 0 aromatic carbocycles. The summed E-state index contributed by atoms with van der Waals surface area (Å²) in [4.78, 5) is 81.6. The smallest absolute Gasteiger partial charge is 0.463 e. The first-order valence-electron chi connectivity index (χ1n) is 12.9. The lowest BCUT2D eigenvalue weighted by atomic mass is 10.2. The van der Waals surface area contributed by atoms with Crippen molar-refractivity contribution in [3.05, 3.63) is 24.3 Å². The van der Waals surface area contributed by atoms with E-state index in [1.165, 1.54) is 0 Å². The Hall–Kier alpha value is -3.19. The summed E-state index contributed by atoms with van der Waals surface area (Å²) in [7, 11) is -4.75. The van der Waals surface area contributed by atoms with Gasteiger partial charge in [-0.25, -0.2) is 4.57 Å². The molecular formula is C25H37N2O12P. The summed E-state index contributed by atoms with van der Waals surface area (Å²) in [6, 6.07) is 0. The Balaban J connectivity index is 2.52. The van der Waals surface area contributed by atoms with Crippen molar-refractivity contribution in [2.45, 2.75) is 64.9 Å². The number of likely N-dealkylation sites (tertiary alicyclic amines) is 1. The van der Waals surface area contributed by atoms with E-state index in [0.29, 0.717) is 0 Å². The van der Waals surface area contributed by atoms with Gasteiger partial charge in [0.2, 0.25) is 17.7 Å². The molecule has 1 rings (SSSR count). The number of phosphoric acid groups is 1. The van der Waals surface area contributed by atoms with Gasteiger partial charge in [0.1, 0.15) is 19.3 Å². The summed E-state index contributed by atoms with van der Waals surface area (Å²) in [5, 5.41) is 2.30. The molecule has 0 aromatic rings. The minimum absolute atomic E-state index is 0.0251. The van der Waals surface area contributed by atoms with E-state index >= 15 is 0 Å². The predicted octanol–water partition coefficient (Wildman–Crippen LogP) is 1.51. The van der Waals surface area contributed by atoms with Gasteiger partial charge in [0.05, 0.1) is 32.4 Å². The second-order valence-electron chi connectivity index (χ2n) is 8.50. The van der Waals surface area contributed by atoms with Crippen LogP contribution in [0.1, 0.15) is 58.8 Å². The lowest BCUT2D eigenvalue weighted by molar-refractivity contribution is -0.151. The van der Waals surface area contributed by atoms with E-state index in [4.69, 9.17) is 18.5 Å². The van der Waals surface area contributed by atoms with Crippen LogP contribution in [0.25, 0.3) is 0 Å². The normalized spacial score (nSPS) is 15.2. The lowest BCUT2D eigenvalue weighted by Gasteiger charge is -2.20. The topological polar surface area (TPSA) is 192 Å². The number of phosphoric ester groups is 1. The highest BCUT2D eigenvalue weighted by Gasteiger charge is 2.31. The quantitative estimate of drug-likeness (QED) is 0.0521. The van der Waals surface area contributed by atoms with Crippen LogP contribution < -0.4 is 5.32 Å². The standard InChI is InChI=1S/C25H37N2O12P/c1-3-5-7-9-24(32)36-17-20(18-37-25(33)10-8-6-4-2)39-40(34,35)38-14-13-26-21(29)15-19(28)16-27-22(30)11-12-23(27)31/h5-8,20H,3-4,9-18H2,1-2H3,(H,26,29)(H,34,35)/b7-5-,8-6-. The van der Waals surface area contributed by atoms with Crippen LogP contribution in [0.15, 0.2) is 24.3 Å². The number of carbonyl (C=O) groups is 6. The summed E-state index contributed by atoms with van der Waals surface area (Å²) < 4.78 is 32.3. The average molecular weight is 589 g/mol. The van der Waals surface area contributed by atoms with E-state index in [1.807, 2.05) is 13.8 Å². The van der Waals surface area contributed by atoms with Crippen LogP contribution in [0, 0.1) is 0 Å². The zero-order valence-corrected chi connectivity index (χ0v) is 23.6. The lowest BCUT2D eigenvalue weighted by Crippen LogP contribution is -2.37. The van der Waals surface area contributed by atoms with Crippen molar-refractivity contribution in [2.24, 2.45) is 0 Å². The molecule has 0 saturated carbocycles. The summed E-state index contributed by atoms with van der Waals surface area (Å²) in [6.07, 6.45) is 6.26. The Kier molecular flexibility index (Phi) is 16.5. The number of Topliss-reactive ketones (excluding diaryl/α,β-unsaturated/α-hetero) is 1. The van der Waals surface area contributed by atoms with Gasteiger partial charge < -0.3 is 19.7 Å². The third-order valence-corrected chi connectivity index (χ3v) is 6.12. The molecule has 3 amide bonds. The summed E-state index contributed by atoms with van der Waals surface area (Å²) in [5.41, 5.74) is 0. The van der Waals surface area contributed by atoms with E-state index in [1.54, 1.807) is 24.3 Å². The monoisotopic (exact) mass is 588 g/mol. The summed E-state index contributed by atoms with van der Waals surface area (Å²) >= 11 is 0. The fraction of sp³-hybridized carbons (Fsp3) is 0.600. The molecule has 2 N–H and O–H groups in total. The maximum absolute atomic E-state index is 12.4. The Morgan fingerprint density at radius 3 is 1.98 bits per heavy atom. The molecule has 1 unspecified atom stereocenters. The van der Waals surface area contributed by atoms with Crippen molar-refractivity contribution < 1.29 is 56.7 Å². The van der Waals surface area contributed by atoms with Crippen molar-refractivity contribution in [2.75, 3.05) is 32.9 Å². The molecule has 40 heavy (non-hydrogen) atoms. The molecule has 0 radical (unpaired) electrons. The number of esters is 2. The van der Waals surface area contributed by atoms with Crippen LogP contribution in [0.2, 0.25) is 0 Å². The van der Waals surface area contributed by atoms with Gasteiger partial charge in [-0.1, -0.05) is 38.2 Å². The molecule has 1 aliphatic rings. The predicted molar refractivity (Wildman–Crippen MR) is 139 cm³/mol. The number of rotatable bonds is 20. The van der Waals surface area contributed by atoms with E-state index < -0.39 is 82.2 Å². The first kappa shape index (κ1) is 34.8. The highest BCUT2D eigenvalue weighted by molar-refractivity contribution is 7.47. The Labute approximate surface area is 232 Å². The number of imide groups is 1. The molecule has 0 aliphatic carbocycles. The fourth-order valence-corrected chi connectivity index (χ4v) is 4.02. The summed E-state index contributed by atoms with van der Waals surface area (Å²) in [6.45, 7) is 1.53. The number of ketones is 1. The van der Waals surface area contributed by atoms with Crippen molar-refractivity contribution >= 4 is 43.3 Å². The van der Waals surface area contributed by atoms with Crippen LogP contribution >= 0.6 is 7.82 Å². The second kappa shape index (κ2) is 19.0. The highest BCUT2D eigenvalue weighted by Crippen LogP contribution is 2.44. The molecule has 1 atom stereocenters. The van der Waals surface area contributed by atoms with Crippen LogP contribution in [0.4, 0.5) is 0 Å². The van der Waals surface area contributed by atoms with Gasteiger partial charge in [-0.3, -0.25) is 42.7 Å². The Morgan fingerprint density at radius 1 is 0.950 bits per heavy atom. The maximum atomic E-state index is 12.4. The molecule has 0 aromatic heterocycles. The van der Waals surface area contributed by atoms with Gasteiger partial charge in [-0.15, -0.1) is 0 Å². The van der Waals surface area contributed by atoms with Gasteiger partial charge in [-0.2, -0.15) is 0 Å². The molecule has 1 heterocycles. The van der Waals surface area contributed by atoms with Crippen molar-refractivity contribution in [1.29, 1.82) is 0 Å².